The second kappa shape index (κ2) is 6.17. The Bertz CT molecular complexity index is 416. The molecule has 1 heterocycles. The highest BCUT2D eigenvalue weighted by atomic mass is 15.2. The zero-order valence-corrected chi connectivity index (χ0v) is 13.7. The van der Waals surface area contributed by atoms with Gasteiger partial charge in [-0.1, -0.05) is 19.1 Å². The summed E-state index contributed by atoms with van der Waals surface area (Å²) >= 11 is 0. The Morgan fingerprint density at radius 1 is 1.15 bits per heavy atom. The van der Waals surface area contributed by atoms with E-state index in [1.165, 1.54) is 30.6 Å². The van der Waals surface area contributed by atoms with E-state index in [1.54, 1.807) is 0 Å². The number of rotatable bonds is 3. The minimum atomic E-state index is 0.176. The van der Waals surface area contributed by atoms with Crippen LogP contribution in [0.4, 0.5) is 5.69 Å². The average molecular weight is 274 g/mol. The van der Waals surface area contributed by atoms with Gasteiger partial charge in [-0.05, 0) is 64.2 Å². The molecule has 1 saturated heterocycles. The molecule has 1 aromatic rings. The molecule has 2 atom stereocenters. The van der Waals surface area contributed by atoms with Crippen LogP contribution in [0.1, 0.15) is 53.0 Å². The van der Waals surface area contributed by atoms with Gasteiger partial charge in [-0.2, -0.15) is 0 Å². The van der Waals surface area contributed by atoms with E-state index in [-0.39, 0.29) is 5.54 Å². The molecule has 2 heteroatoms. The Labute approximate surface area is 124 Å². The fourth-order valence-electron chi connectivity index (χ4n) is 2.87. The third kappa shape index (κ3) is 3.99. The summed E-state index contributed by atoms with van der Waals surface area (Å²) in [4.78, 5) is 2.56. The van der Waals surface area contributed by atoms with E-state index >= 15 is 0 Å². The van der Waals surface area contributed by atoms with E-state index in [1.807, 2.05) is 0 Å². The van der Waals surface area contributed by atoms with Gasteiger partial charge in [0.1, 0.15) is 0 Å². The number of benzene rings is 1. The first kappa shape index (κ1) is 15.4. The van der Waals surface area contributed by atoms with Gasteiger partial charge >= 0.3 is 0 Å². The first-order chi connectivity index (χ1) is 9.37. The third-order valence-electron chi connectivity index (χ3n) is 4.46. The van der Waals surface area contributed by atoms with Crippen LogP contribution in [0.3, 0.4) is 0 Å². The molecule has 1 aliphatic heterocycles. The van der Waals surface area contributed by atoms with Crippen LogP contribution in [0.2, 0.25) is 0 Å². The van der Waals surface area contributed by atoms with Gasteiger partial charge in [-0.25, -0.2) is 0 Å². The molecular formula is C18H30N2. The summed E-state index contributed by atoms with van der Waals surface area (Å²) in [6.45, 7) is 13.5. The lowest BCUT2D eigenvalue weighted by Crippen LogP contribution is -2.42. The molecule has 0 spiro atoms. The minimum absolute atomic E-state index is 0.176. The van der Waals surface area contributed by atoms with Crippen molar-refractivity contribution in [3.63, 3.8) is 0 Å². The molecule has 112 valence electrons. The molecule has 0 saturated carbocycles. The van der Waals surface area contributed by atoms with Gasteiger partial charge < -0.3 is 10.2 Å². The van der Waals surface area contributed by atoms with E-state index in [2.05, 4.69) is 69.1 Å². The van der Waals surface area contributed by atoms with Gasteiger partial charge in [-0.15, -0.1) is 0 Å². The predicted molar refractivity (Wildman–Crippen MR) is 88.2 cm³/mol. The zero-order valence-electron chi connectivity index (χ0n) is 13.7. The van der Waals surface area contributed by atoms with E-state index in [0.717, 1.165) is 12.5 Å². The van der Waals surface area contributed by atoms with Crippen molar-refractivity contribution in [1.82, 2.24) is 5.32 Å². The highest BCUT2D eigenvalue weighted by Crippen LogP contribution is 2.28. The van der Waals surface area contributed by atoms with Crippen molar-refractivity contribution >= 4 is 5.69 Å². The maximum Gasteiger partial charge on any atom is 0.0368 e. The molecule has 20 heavy (non-hydrogen) atoms. The van der Waals surface area contributed by atoms with Gasteiger partial charge in [0.15, 0.2) is 0 Å². The first-order valence-electron chi connectivity index (χ1n) is 7.97. The van der Waals surface area contributed by atoms with Gasteiger partial charge in [0.2, 0.25) is 0 Å². The van der Waals surface area contributed by atoms with E-state index in [0.29, 0.717) is 6.04 Å². The number of anilines is 1. The lowest BCUT2D eigenvalue weighted by molar-refractivity contribution is 0.363. The maximum atomic E-state index is 3.54. The summed E-state index contributed by atoms with van der Waals surface area (Å²) in [7, 11) is 0. The van der Waals surface area contributed by atoms with Crippen LogP contribution >= 0.6 is 0 Å². The fraction of sp³-hybridized carbons (Fsp3) is 0.667. The number of hydrogen-bond acceptors (Lipinski definition) is 2. The van der Waals surface area contributed by atoms with Crippen molar-refractivity contribution in [3.8, 4) is 0 Å². The summed E-state index contributed by atoms with van der Waals surface area (Å²) in [5.41, 5.74) is 2.92. The molecule has 2 unspecified atom stereocenters. The van der Waals surface area contributed by atoms with Crippen molar-refractivity contribution in [1.29, 1.82) is 0 Å². The Kier molecular flexibility index (Phi) is 4.74. The van der Waals surface area contributed by atoms with Gasteiger partial charge in [0.05, 0.1) is 0 Å². The lowest BCUT2D eigenvalue weighted by Gasteiger charge is -2.39. The van der Waals surface area contributed by atoms with Crippen LogP contribution in [-0.4, -0.2) is 18.1 Å². The van der Waals surface area contributed by atoms with Gasteiger partial charge in [0.25, 0.3) is 0 Å². The molecular weight excluding hydrogens is 244 g/mol. The summed E-state index contributed by atoms with van der Waals surface area (Å²) < 4.78 is 0. The molecule has 2 rings (SSSR count). The van der Waals surface area contributed by atoms with E-state index in [9.17, 15) is 0 Å². The highest BCUT2D eigenvalue weighted by Gasteiger charge is 2.24. The number of hydrogen-bond donors (Lipinski definition) is 1. The van der Waals surface area contributed by atoms with E-state index in [4.69, 9.17) is 0 Å². The highest BCUT2D eigenvalue weighted by molar-refractivity contribution is 5.49. The van der Waals surface area contributed by atoms with E-state index < -0.39 is 0 Å². The number of piperidine rings is 1. The summed E-state index contributed by atoms with van der Waals surface area (Å²) in [5, 5.41) is 3.54. The smallest absolute Gasteiger partial charge is 0.0368 e. The largest absolute Gasteiger partial charge is 0.369 e. The first-order valence-corrected chi connectivity index (χ1v) is 7.97. The SMILES string of the molecule is CC1CCCN(c2ccc(CNC(C)(C)C)cc2)C1C. The van der Waals surface area contributed by atoms with Crippen LogP contribution < -0.4 is 10.2 Å². The van der Waals surface area contributed by atoms with Crippen LogP contribution in [0.15, 0.2) is 24.3 Å². The van der Waals surface area contributed by atoms with Crippen molar-refractivity contribution in [2.75, 3.05) is 11.4 Å². The van der Waals surface area contributed by atoms with Crippen LogP contribution in [0.25, 0.3) is 0 Å². The molecule has 0 bridgehead atoms. The molecule has 1 aliphatic rings. The summed E-state index contributed by atoms with van der Waals surface area (Å²) in [6, 6.07) is 9.75. The quantitative estimate of drug-likeness (QED) is 0.888. The Morgan fingerprint density at radius 3 is 2.40 bits per heavy atom. The van der Waals surface area contributed by atoms with Crippen molar-refractivity contribution in [3.05, 3.63) is 29.8 Å². The average Bonchev–Trinajstić information content (AvgIpc) is 2.40. The number of nitrogens with one attached hydrogen (secondary N) is 1. The topological polar surface area (TPSA) is 15.3 Å². The summed E-state index contributed by atoms with van der Waals surface area (Å²) in [6.07, 6.45) is 2.68. The van der Waals surface area contributed by atoms with Gasteiger partial charge in [0, 0.05) is 30.4 Å². The summed E-state index contributed by atoms with van der Waals surface area (Å²) in [5.74, 6) is 0.797. The minimum Gasteiger partial charge on any atom is -0.369 e. The van der Waals surface area contributed by atoms with Gasteiger partial charge in [-0.3, -0.25) is 0 Å². The molecule has 1 aromatic carbocycles. The monoisotopic (exact) mass is 274 g/mol. The predicted octanol–water partition coefficient (Wildman–Crippen LogP) is 4.20. The molecule has 2 nitrogen and oxygen atoms in total. The second-order valence-electron chi connectivity index (χ2n) is 7.32. The molecule has 0 aromatic heterocycles. The second-order valence-corrected chi connectivity index (χ2v) is 7.32. The standard InChI is InChI=1S/C18H30N2/c1-14-7-6-12-20(15(14)2)17-10-8-16(9-11-17)13-19-18(3,4)5/h8-11,14-15,19H,6-7,12-13H2,1-5H3. The van der Waals surface area contributed by atoms with Crippen molar-refractivity contribution in [2.24, 2.45) is 5.92 Å². The van der Waals surface area contributed by atoms with Crippen LogP contribution in [0.5, 0.6) is 0 Å². The Morgan fingerprint density at radius 2 is 1.80 bits per heavy atom. The zero-order chi connectivity index (χ0) is 14.8. The van der Waals surface area contributed by atoms with Crippen molar-refractivity contribution in [2.45, 2.75) is 65.6 Å². The fourth-order valence-corrected chi connectivity index (χ4v) is 2.87. The Hall–Kier alpha value is -1.02. The third-order valence-corrected chi connectivity index (χ3v) is 4.46. The maximum absolute atomic E-state index is 3.54. The van der Waals surface area contributed by atoms with Crippen molar-refractivity contribution < 1.29 is 0 Å². The molecule has 1 fully saturated rings. The molecule has 1 N–H and O–H groups in total. The normalized spacial score (nSPS) is 23.9. The van der Waals surface area contributed by atoms with Crippen LogP contribution in [-0.2, 0) is 6.54 Å². The lowest BCUT2D eigenvalue weighted by atomic mass is 9.91. The Balaban J connectivity index is 2.00. The molecule has 0 radical (unpaired) electrons. The number of nitrogens with zero attached hydrogens (tertiary/aromatic N) is 1. The van der Waals surface area contributed by atoms with Crippen LogP contribution in [0, 0.1) is 5.92 Å². The molecule has 0 aliphatic carbocycles. The molecule has 0 amide bonds.